The quantitative estimate of drug-likeness (QED) is 0.0373. The van der Waals surface area contributed by atoms with E-state index in [4.69, 9.17) is 39.4 Å². The molecular weight excluding hydrogens is 1090 g/mol. The largest absolute Gasteiger partial charge is 0.381 e. The molecule has 4 aromatic carbocycles. The van der Waals surface area contributed by atoms with E-state index in [0.717, 1.165) is 88.2 Å². The average molecular weight is 1150 g/mol. The van der Waals surface area contributed by atoms with Crippen LogP contribution in [0.25, 0.3) is 0 Å². The average Bonchev–Trinajstić information content (AvgIpc) is 4.04. The molecule has 0 spiro atoms. The SMILES string of the molecule is C1CCOC1.CCCCNc1nc(NCCCc2nc(C)nc(Sc3ccccc3)n2)nc(Sc2ccccc2)n1.Clc1nc(CCCNc2nc(Cl)nc(Sc3ccccc3)n2)nc(Sc2ccccc2)n1.NCCN. The van der Waals surface area contributed by atoms with E-state index in [1.807, 2.05) is 116 Å². The number of hydrogen-bond acceptors (Lipinski definition) is 22. The van der Waals surface area contributed by atoms with Crippen molar-refractivity contribution >= 4 is 88.1 Å². The summed E-state index contributed by atoms with van der Waals surface area (Å²) in [6, 6.07) is 40.0. The van der Waals surface area contributed by atoms with Gasteiger partial charge in [0.2, 0.25) is 28.4 Å². The van der Waals surface area contributed by atoms with Crippen LogP contribution in [0.15, 0.2) is 162 Å². The Hall–Kier alpha value is -5.82. The summed E-state index contributed by atoms with van der Waals surface area (Å²) in [7, 11) is 0. The van der Waals surface area contributed by atoms with Crippen LogP contribution in [-0.2, 0) is 17.6 Å². The monoisotopic (exact) mass is 1150 g/mol. The second-order valence-electron chi connectivity index (χ2n) is 16.3. The molecule has 0 saturated carbocycles. The number of nitrogens with two attached hydrogens (primary N) is 2. The second-order valence-corrected chi connectivity index (χ2v) is 21.1. The summed E-state index contributed by atoms with van der Waals surface area (Å²) < 4.78 is 4.94. The van der Waals surface area contributed by atoms with Gasteiger partial charge in [-0.2, -0.15) is 34.9 Å². The summed E-state index contributed by atoms with van der Waals surface area (Å²) >= 11 is 18.1. The van der Waals surface area contributed by atoms with Gasteiger partial charge in [-0.1, -0.05) is 86.1 Å². The van der Waals surface area contributed by atoms with Gasteiger partial charge in [-0.05, 0) is 158 Å². The third kappa shape index (κ3) is 24.6. The van der Waals surface area contributed by atoms with Crippen molar-refractivity contribution in [3.05, 3.63) is 149 Å². The zero-order valence-corrected chi connectivity index (χ0v) is 47.7. The molecule has 1 aliphatic rings. The van der Waals surface area contributed by atoms with Gasteiger partial charge in [0.25, 0.3) is 0 Å². The molecule has 1 saturated heterocycles. The van der Waals surface area contributed by atoms with Crippen LogP contribution in [0.3, 0.4) is 0 Å². The Morgan fingerprint density at radius 1 is 0.442 bits per heavy atom. The zero-order chi connectivity index (χ0) is 54.1. The minimum absolute atomic E-state index is 0.146. The number of ether oxygens (including phenoxy) is 1. The predicted molar refractivity (Wildman–Crippen MR) is 312 cm³/mol. The molecule has 77 heavy (non-hydrogen) atoms. The highest BCUT2D eigenvalue weighted by Crippen LogP contribution is 2.28. The molecule has 8 aromatic rings. The number of rotatable bonds is 23. The van der Waals surface area contributed by atoms with Crippen molar-refractivity contribution in [2.45, 2.75) is 105 Å². The fourth-order valence-corrected chi connectivity index (χ4v) is 9.96. The lowest BCUT2D eigenvalue weighted by atomic mass is 10.3. The summed E-state index contributed by atoms with van der Waals surface area (Å²) in [5, 5.41) is 12.7. The van der Waals surface area contributed by atoms with E-state index >= 15 is 0 Å². The molecule has 7 N–H and O–H groups in total. The fraction of sp³-hybridized carbons (Fsp3) is 0.321. The molecule has 404 valence electrons. The molecule has 0 unspecified atom stereocenters. The number of anilines is 3. The maximum absolute atomic E-state index is 6.09. The molecule has 24 heteroatoms. The van der Waals surface area contributed by atoms with E-state index in [1.54, 1.807) is 11.8 Å². The first kappa shape index (κ1) is 60.4. The van der Waals surface area contributed by atoms with Crippen LogP contribution < -0.4 is 27.4 Å². The van der Waals surface area contributed by atoms with Crippen LogP contribution in [0.4, 0.5) is 17.8 Å². The fourth-order valence-electron chi connectivity index (χ4n) is 6.37. The van der Waals surface area contributed by atoms with E-state index in [2.05, 4.69) is 94.8 Å². The maximum Gasteiger partial charge on any atom is 0.228 e. The number of nitrogens with one attached hydrogen (secondary N) is 3. The van der Waals surface area contributed by atoms with Gasteiger partial charge in [-0.3, -0.25) is 0 Å². The Morgan fingerprint density at radius 2 is 0.805 bits per heavy atom. The summed E-state index contributed by atoms with van der Waals surface area (Å²) in [6.45, 7) is 9.40. The number of aryl methyl sites for hydroxylation is 3. The van der Waals surface area contributed by atoms with E-state index in [0.29, 0.717) is 71.7 Å². The van der Waals surface area contributed by atoms with E-state index in [9.17, 15) is 0 Å². The third-order valence-corrected chi connectivity index (χ3v) is 13.8. The standard InChI is InChI=1S/C26H30N8S2.C21H17Cl2N7S2.C4H8O.C2H8N2/c1-3-4-17-27-23-32-24(34-26(33-23)36-21-14-9-6-10-15-21)28-18-11-16-22-29-19(2)30-25(31-22)35-20-12-7-5-8-13-20;22-17-25-16(26-20(28-17)31-14-8-3-1-4-9-14)12-7-13-24-19-27-18(23)29-21(30-19)32-15-10-5-2-6-11-15;1-2-4-5-3-1;3-1-2-4/h5-10,12-15H,3-4,11,16-18H2,1-2H3,(H2,27,28,32,33,34);1-6,8-11H,7,12-13H2,(H,24,27,29,30);1-4H2;1-4H2. The minimum atomic E-state index is 0.146. The number of halogens is 2. The van der Waals surface area contributed by atoms with Crippen molar-refractivity contribution in [1.29, 1.82) is 0 Å². The molecule has 0 bridgehead atoms. The molecular formula is C53H63Cl2N17OS4. The van der Waals surface area contributed by atoms with Crippen molar-refractivity contribution in [2.75, 3.05) is 61.9 Å². The summed E-state index contributed by atoms with van der Waals surface area (Å²) in [5.41, 5.74) is 9.81. The molecule has 0 aliphatic carbocycles. The Bertz CT molecular complexity index is 2810. The van der Waals surface area contributed by atoms with Crippen LogP contribution in [-0.4, -0.2) is 106 Å². The van der Waals surface area contributed by atoms with Crippen LogP contribution in [0.1, 0.15) is 62.9 Å². The lowest BCUT2D eigenvalue weighted by Gasteiger charge is -2.10. The van der Waals surface area contributed by atoms with Crippen LogP contribution in [0.5, 0.6) is 0 Å². The summed E-state index contributed by atoms with van der Waals surface area (Å²) in [6.07, 6.45) is 7.67. The van der Waals surface area contributed by atoms with Gasteiger partial charge < -0.3 is 32.2 Å². The number of hydrogen-bond donors (Lipinski definition) is 5. The molecule has 1 fully saturated rings. The molecule has 4 aromatic heterocycles. The minimum Gasteiger partial charge on any atom is -0.381 e. The van der Waals surface area contributed by atoms with E-state index in [-0.39, 0.29) is 10.6 Å². The predicted octanol–water partition coefficient (Wildman–Crippen LogP) is 11.3. The van der Waals surface area contributed by atoms with Crippen molar-refractivity contribution in [3.63, 3.8) is 0 Å². The highest BCUT2D eigenvalue weighted by molar-refractivity contribution is 7.99. The van der Waals surface area contributed by atoms with E-state index < -0.39 is 0 Å². The first-order valence-electron chi connectivity index (χ1n) is 25.1. The first-order valence-corrected chi connectivity index (χ1v) is 29.2. The van der Waals surface area contributed by atoms with Gasteiger partial charge in [0, 0.05) is 78.4 Å². The molecule has 5 heterocycles. The number of unbranched alkanes of at least 4 members (excludes halogenated alkanes) is 1. The topological polar surface area (TPSA) is 252 Å². The number of aromatic nitrogens is 12. The molecule has 0 atom stereocenters. The van der Waals surface area contributed by atoms with E-state index in [1.165, 1.54) is 48.1 Å². The Balaban J connectivity index is 0.000000215. The Kier molecular flexibility index (Phi) is 27.9. The third-order valence-electron chi connectivity index (χ3n) is 9.95. The Labute approximate surface area is 477 Å². The zero-order valence-electron chi connectivity index (χ0n) is 43.0. The van der Waals surface area contributed by atoms with Gasteiger partial charge in [0.15, 0.2) is 20.6 Å². The lowest BCUT2D eigenvalue weighted by Crippen LogP contribution is -2.12. The first-order chi connectivity index (χ1) is 37.7. The van der Waals surface area contributed by atoms with Crippen LogP contribution in [0, 0.1) is 6.92 Å². The summed E-state index contributed by atoms with van der Waals surface area (Å²) in [4.78, 5) is 57.4. The smallest absolute Gasteiger partial charge is 0.228 e. The lowest BCUT2D eigenvalue weighted by molar-refractivity contribution is 0.198. The Morgan fingerprint density at radius 3 is 1.21 bits per heavy atom. The van der Waals surface area contributed by atoms with Crippen molar-refractivity contribution in [1.82, 2.24) is 59.8 Å². The van der Waals surface area contributed by atoms with Gasteiger partial charge in [0.1, 0.15) is 17.5 Å². The number of benzene rings is 4. The molecule has 1 aliphatic heterocycles. The van der Waals surface area contributed by atoms with Gasteiger partial charge in [0.05, 0.1) is 0 Å². The maximum atomic E-state index is 6.09. The summed E-state index contributed by atoms with van der Waals surface area (Å²) in [5.74, 6) is 3.75. The highest BCUT2D eigenvalue weighted by Gasteiger charge is 2.12. The second kappa shape index (κ2) is 35.6. The number of nitrogens with zero attached hydrogens (tertiary/aromatic N) is 12. The highest BCUT2D eigenvalue weighted by atomic mass is 35.5. The molecule has 9 rings (SSSR count). The van der Waals surface area contributed by atoms with Crippen molar-refractivity contribution < 1.29 is 4.74 Å². The van der Waals surface area contributed by atoms with Crippen LogP contribution >= 0.6 is 70.2 Å². The normalized spacial score (nSPS) is 11.5. The van der Waals surface area contributed by atoms with Gasteiger partial charge >= 0.3 is 0 Å². The van der Waals surface area contributed by atoms with Gasteiger partial charge in [-0.15, -0.1) is 0 Å². The van der Waals surface area contributed by atoms with Crippen molar-refractivity contribution in [2.24, 2.45) is 11.5 Å². The molecule has 0 radical (unpaired) electrons. The molecule has 18 nitrogen and oxygen atoms in total. The molecule has 0 amide bonds. The van der Waals surface area contributed by atoms with Gasteiger partial charge in [-0.25, -0.2) is 24.9 Å². The van der Waals surface area contributed by atoms with Crippen LogP contribution in [0.2, 0.25) is 10.6 Å². The van der Waals surface area contributed by atoms with Crippen molar-refractivity contribution in [3.8, 4) is 0 Å².